The second-order valence-corrected chi connectivity index (χ2v) is 9.18. The van der Waals surface area contributed by atoms with Crippen LogP contribution in [0, 0.1) is 19.8 Å². The van der Waals surface area contributed by atoms with Crippen molar-refractivity contribution in [2.75, 3.05) is 26.2 Å². The molecule has 0 atom stereocenters. The first kappa shape index (κ1) is 21.5. The Morgan fingerprint density at radius 3 is 2.45 bits per heavy atom. The molecule has 1 saturated heterocycles. The summed E-state index contributed by atoms with van der Waals surface area (Å²) in [6, 6.07) is 9.62. The van der Waals surface area contributed by atoms with Gasteiger partial charge in [-0.2, -0.15) is 4.31 Å². The fourth-order valence-electron chi connectivity index (χ4n) is 3.76. The number of carbonyl (C=O) groups excluding carboxylic acids is 1. The molecule has 1 aliphatic heterocycles. The highest BCUT2D eigenvalue weighted by Crippen LogP contribution is 2.28. The molecule has 0 spiro atoms. The lowest BCUT2D eigenvalue weighted by Crippen LogP contribution is -2.45. The Morgan fingerprint density at radius 2 is 1.90 bits per heavy atom. The summed E-state index contributed by atoms with van der Waals surface area (Å²) in [4.78, 5) is 14.8. The van der Waals surface area contributed by atoms with E-state index in [1.165, 1.54) is 4.31 Å². The molecule has 1 aromatic carbocycles. The van der Waals surface area contributed by atoms with Crippen molar-refractivity contribution in [1.29, 1.82) is 0 Å². The fraction of sp³-hybridized carbons (Fsp3) is 0.500. The van der Waals surface area contributed by atoms with Crippen molar-refractivity contribution in [2.24, 2.45) is 5.92 Å². The molecule has 0 saturated carbocycles. The van der Waals surface area contributed by atoms with Crippen LogP contribution < -0.4 is 0 Å². The first-order valence-corrected chi connectivity index (χ1v) is 11.1. The summed E-state index contributed by atoms with van der Waals surface area (Å²) in [5.41, 5.74) is 1.34. The van der Waals surface area contributed by atoms with Gasteiger partial charge in [0.25, 0.3) is 0 Å². The van der Waals surface area contributed by atoms with Crippen LogP contribution in [0.5, 0.6) is 0 Å². The largest absolute Gasteiger partial charge is 0.395 e. The van der Waals surface area contributed by atoms with Gasteiger partial charge in [-0.05, 0) is 32.3 Å². The zero-order chi connectivity index (χ0) is 21.0. The van der Waals surface area contributed by atoms with E-state index >= 15 is 0 Å². The lowest BCUT2D eigenvalue weighted by Gasteiger charge is -2.33. The molecule has 0 aliphatic carbocycles. The molecule has 1 amide bonds. The standard InChI is InChI=1S/C20H27N3O5S/c1-15-19(16(2)28-21-15)29(26,27)23-10-8-18(9-11-23)20(25)22(12-13-24)14-17-6-4-3-5-7-17/h3-7,18,24H,8-14H2,1-2H3. The van der Waals surface area contributed by atoms with Crippen LogP contribution in [0.15, 0.2) is 39.8 Å². The van der Waals surface area contributed by atoms with Gasteiger partial charge in [0.2, 0.25) is 15.9 Å². The Morgan fingerprint density at radius 1 is 1.24 bits per heavy atom. The Labute approximate surface area is 171 Å². The van der Waals surface area contributed by atoms with E-state index < -0.39 is 10.0 Å². The number of hydrogen-bond acceptors (Lipinski definition) is 6. The topological polar surface area (TPSA) is 104 Å². The second-order valence-electron chi connectivity index (χ2n) is 7.30. The number of aliphatic hydroxyl groups is 1. The third-order valence-electron chi connectivity index (χ3n) is 5.27. The highest BCUT2D eigenvalue weighted by Gasteiger charge is 2.36. The molecule has 8 nitrogen and oxygen atoms in total. The average Bonchev–Trinajstić information content (AvgIpc) is 3.07. The maximum absolute atomic E-state index is 13.0. The van der Waals surface area contributed by atoms with Gasteiger partial charge < -0.3 is 14.5 Å². The number of aliphatic hydroxyl groups excluding tert-OH is 1. The lowest BCUT2D eigenvalue weighted by atomic mass is 9.96. The summed E-state index contributed by atoms with van der Waals surface area (Å²) in [6.07, 6.45) is 0.885. The van der Waals surface area contributed by atoms with Crippen LogP contribution in [0.3, 0.4) is 0 Å². The first-order chi connectivity index (χ1) is 13.8. The smallest absolute Gasteiger partial charge is 0.248 e. The number of amides is 1. The highest BCUT2D eigenvalue weighted by molar-refractivity contribution is 7.89. The molecule has 1 fully saturated rings. The van der Waals surface area contributed by atoms with Crippen molar-refractivity contribution in [3.63, 3.8) is 0 Å². The molecule has 158 valence electrons. The zero-order valence-electron chi connectivity index (χ0n) is 16.7. The van der Waals surface area contributed by atoms with Crippen molar-refractivity contribution in [2.45, 2.75) is 38.1 Å². The van der Waals surface area contributed by atoms with Crippen LogP contribution in [-0.4, -0.2) is 60.0 Å². The van der Waals surface area contributed by atoms with Crippen molar-refractivity contribution in [1.82, 2.24) is 14.4 Å². The summed E-state index contributed by atoms with van der Waals surface area (Å²) in [7, 11) is -3.70. The van der Waals surface area contributed by atoms with Gasteiger partial charge in [-0.3, -0.25) is 4.79 Å². The van der Waals surface area contributed by atoms with Gasteiger partial charge in [0.05, 0.1) is 6.61 Å². The van der Waals surface area contributed by atoms with Crippen molar-refractivity contribution in [3.05, 3.63) is 47.3 Å². The molecule has 1 aliphatic rings. The van der Waals surface area contributed by atoms with E-state index in [1.54, 1.807) is 18.7 Å². The van der Waals surface area contributed by atoms with Gasteiger partial charge in [0.1, 0.15) is 10.6 Å². The third kappa shape index (κ3) is 4.68. The van der Waals surface area contributed by atoms with E-state index in [0.29, 0.717) is 25.1 Å². The van der Waals surface area contributed by atoms with Crippen LogP contribution in [0.1, 0.15) is 29.9 Å². The predicted octanol–water partition coefficient (Wildman–Crippen LogP) is 1.71. The Kier molecular flexibility index (Phi) is 6.71. The maximum Gasteiger partial charge on any atom is 0.248 e. The number of piperidine rings is 1. The number of aryl methyl sites for hydroxylation is 2. The van der Waals surface area contributed by atoms with E-state index in [-0.39, 0.29) is 48.7 Å². The number of carbonyl (C=O) groups is 1. The molecular weight excluding hydrogens is 394 g/mol. The molecule has 0 unspecified atom stereocenters. The molecule has 1 N–H and O–H groups in total. The quantitative estimate of drug-likeness (QED) is 0.730. The normalized spacial score (nSPS) is 16.1. The molecule has 29 heavy (non-hydrogen) atoms. The molecule has 0 bridgehead atoms. The maximum atomic E-state index is 13.0. The second kappa shape index (κ2) is 9.06. The molecule has 3 rings (SSSR count). The summed E-state index contributed by atoms with van der Waals surface area (Å²) in [5, 5.41) is 13.1. The van der Waals surface area contributed by atoms with Gasteiger partial charge in [-0.25, -0.2) is 8.42 Å². The molecule has 2 aromatic rings. The van der Waals surface area contributed by atoms with Gasteiger partial charge in [-0.1, -0.05) is 35.5 Å². The van der Waals surface area contributed by atoms with Crippen molar-refractivity contribution in [3.8, 4) is 0 Å². The van der Waals surface area contributed by atoms with Crippen LogP contribution >= 0.6 is 0 Å². The number of rotatable bonds is 7. The Bertz CT molecular complexity index is 915. The van der Waals surface area contributed by atoms with E-state index in [9.17, 15) is 18.3 Å². The van der Waals surface area contributed by atoms with E-state index in [2.05, 4.69) is 5.16 Å². The minimum absolute atomic E-state index is 0.0442. The molecule has 9 heteroatoms. The Balaban J connectivity index is 1.66. The van der Waals surface area contributed by atoms with Crippen LogP contribution in [0.4, 0.5) is 0 Å². The monoisotopic (exact) mass is 421 g/mol. The SMILES string of the molecule is Cc1noc(C)c1S(=O)(=O)N1CCC(C(=O)N(CCO)Cc2ccccc2)CC1. The fourth-order valence-corrected chi connectivity index (χ4v) is 5.53. The van der Waals surface area contributed by atoms with E-state index in [0.717, 1.165) is 5.56 Å². The first-order valence-electron chi connectivity index (χ1n) is 9.71. The molecular formula is C20H27N3O5S. The molecule has 1 aromatic heterocycles. The van der Waals surface area contributed by atoms with Gasteiger partial charge >= 0.3 is 0 Å². The summed E-state index contributed by atoms with van der Waals surface area (Å²) in [6.45, 7) is 4.29. The lowest BCUT2D eigenvalue weighted by molar-refractivity contribution is -0.138. The minimum atomic E-state index is -3.70. The van der Waals surface area contributed by atoms with Gasteiger partial charge in [0.15, 0.2) is 5.76 Å². The van der Waals surface area contributed by atoms with Crippen molar-refractivity contribution < 1.29 is 22.8 Å². The molecule has 0 radical (unpaired) electrons. The number of benzene rings is 1. The van der Waals surface area contributed by atoms with Crippen LogP contribution in [-0.2, 0) is 21.4 Å². The Hall–Kier alpha value is -2.23. The van der Waals surface area contributed by atoms with E-state index in [4.69, 9.17) is 4.52 Å². The van der Waals surface area contributed by atoms with Gasteiger partial charge in [-0.15, -0.1) is 0 Å². The van der Waals surface area contributed by atoms with Crippen molar-refractivity contribution >= 4 is 15.9 Å². The summed E-state index contributed by atoms with van der Waals surface area (Å²) < 4.78 is 32.3. The van der Waals surface area contributed by atoms with Gasteiger partial charge in [0, 0.05) is 32.1 Å². The number of aromatic nitrogens is 1. The minimum Gasteiger partial charge on any atom is -0.395 e. The van der Waals surface area contributed by atoms with Crippen LogP contribution in [0.2, 0.25) is 0 Å². The third-order valence-corrected chi connectivity index (χ3v) is 7.41. The number of sulfonamides is 1. The van der Waals surface area contributed by atoms with Crippen LogP contribution in [0.25, 0.3) is 0 Å². The summed E-state index contributed by atoms with van der Waals surface area (Å²) >= 11 is 0. The average molecular weight is 422 g/mol. The summed E-state index contributed by atoms with van der Waals surface area (Å²) in [5.74, 6) is -0.0312. The molecule has 2 heterocycles. The van der Waals surface area contributed by atoms with E-state index in [1.807, 2.05) is 30.3 Å². The highest BCUT2D eigenvalue weighted by atomic mass is 32.2. The number of nitrogens with zero attached hydrogens (tertiary/aromatic N) is 3. The predicted molar refractivity (Wildman–Crippen MR) is 106 cm³/mol. The number of hydrogen-bond donors (Lipinski definition) is 1. The zero-order valence-corrected chi connectivity index (χ0v) is 17.6.